The SMILES string of the molecule is O=C(COc1ccccc1F)c1cccs1. The number of halogens is 1. The fraction of sp³-hybridized carbons (Fsp3) is 0.0833. The molecule has 0 fully saturated rings. The molecule has 2 aromatic rings. The summed E-state index contributed by atoms with van der Waals surface area (Å²) in [5.41, 5.74) is 0. The van der Waals surface area contributed by atoms with E-state index in [4.69, 9.17) is 4.74 Å². The second-order valence-electron chi connectivity index (χ2n) is 3.12. The Morgan fingerprint density at radius 2 is 2.06 bits per heavy atom. The number of carbonyl (C=O) groups excluding carboxylic acids is 1. The lowest BCUT2D eigenvalue weighted by molar-refractivity contribution is 0.0923. The molecule has 0 radical (unpaired) electrons. The normalized spacial score (nSPS) is 10.1. The first-order valence-corrected chi connectivity index (χ1v) is 5.59. The molecule has 0 saturated heterocycles. The second kappa shape index (κ2) is 4.90. The van der Waals surface area contributed by atoms with Crippen LogP contribution in [0.2, 0.25) is 0 Å². The molecule has 1 aromatic carbocycles. The molecule has 0 unspecified atom stereocenters. The van der Waals surface area contributed by atoms with Gasteiger partial charge in [-0.15, -0.1) is 11.3 Å². The van der Waals surface area contributed by atoms with Crippen molar-refractivity contribution in [1.29, 1.82) is 0 Å². The highest BCUT2D eigenvalue weighted by Crippen LogP contribution is 2.16. The minimum Gasteiger partial charge on any atom is -0.482 e. The Balaban J connectivity index is 1.98. The molecular formula is C12H9FO2S. The third-order valence-electron chi connectivity index (χ3n) is 1.99. The minimum absolute atomic E-state index is 0.104. The van der Waals surface area contributed by atoms with Crippen molar-refractivity contribution in [3.63, 3.8) is 0 Å². The Kier molecular flexibility index (Phi) is 3.31. The van der Waals surface area contributed by atoms with Crippen LogP contribution in [-0.4, -0.2) is 12.4 Å². The highest BCUT2D eigenvalue weighted by atomic mass is 32.1. The molecule has 0 aliphatic heterocycles. The number of hydrogen-bond acceptors (Lipinski definition) is 3. The number of ketones is 1. The maximum atomic E-state index is 13.1. The van der Waals surface area contributed by atoms with E-state index in [1.165, 1.54) is 23.5 Å². The van der Waals surface area contributed by atoms with E-state index in [0.29, 0.717) is 4.88 Å². The lowest BCUT2D eigenvalue weighted by atomic mass is 10.3. The van der Waals surface area contributed by atoms with E-state index in [1.54, 1.807) is 24.3 Å². The van der Waals surface area contributed by atoms with Gasteiger partial charge in [-0.2, -0.15) is 0 Å². The topological polar surface area (TPSA) is 26.3 Å². The first-order valence-electron chi connectivity index (χ1n) is 4.71. The average molecular weight is 236 g/mol. The molecule has 2 nitrogen and oxygen atoms in total. The van der Waals surface area contributed by atoms with Gasteiger partial charge in [0.2, 0.25) is 5.78 Å². The fourth-order valence-corrected chi connectivity index (χ4v) is 1.86. The Morgan fingerprint density at radius 1 is 1.25 bits per heavy atom. The van der Waals surface area contributed by atoms with Crippen molar-refractivity contribution in [2.45, 2.75) is 0 Å². The van der Waals surface area contributed by atoms with Crippen LogP contribution in [0.4, 0.5) is 4.39 Å². The van der Waals surface area contributed by atoms with E-state index in [-0.39, 0.29) is 18.1 Å². The number of thiophene rings is 1. The molecule has 0 spiro atoms. The second-order valence-corrected chi connectivity index (χ2v) is 4.07. The Labute approximate surface area is 96.3 Å². The summed E-state index contributed by atoms with van der Waals surface area (Å²) in [6.45, 7) is -0.137. The summed E-state index contributed by atoms with van der Waals surface area (Å²) in [4.78, 5) is 12.2. The number of Topliss-reactive ketones (excluding diaryl/α,β-unsaturated/α-hetero) is 1. The van der Waals surface area contributed by atoms with Crippen LogP contribution in [0.15, 0.2) is 41.8 Å². The van der Waals surface area contributed by atoms with Crippen molar-refractivity contribution in [3.8, 4) is 5.75 Å². The van der Waals surface area contributed by atoms with Gasteiger partial charge in [-0.1, -0.05) is 18.2 Å². The fourth-order valence-electron chi connectivity index (χ4n) is 1.21. The van der Waals surface area contributed by atoms with Crippen LogP contribution >= 0.6 is 11.3 Å². The maximum Gasteiger partial charge on any atom is 0.210 e. The van der Waals surface area contributed by atoms with Crippen LogP contribution < -0.4 is 4.74 Å². The molecule has 0 N–H and O–H groups in total. The van der Waals surface area contributed by atoms with Crippen LogP contribution in [0.1, 0.15) is 9.67 Å². The molecule has 16 heavy (non-hydrogen) atoms. The molecule has 0 aliphatic rings. The molecule has 0 bridgehead atoms. The zero-order valence-corrected chi connectivity index (χ0v) is 9.17. The van der Waals surface area contributed by atoms with Crippen molar-refractivity contribution in [3.05, 3.63) is 52.5 Å². The van der Waals surface area contributed by atoms with Crippen molar-refractivity contribution >= 4 is 17.1 Å². The minimum atomic E-state index is -0.457. The van der Waals surface area contributed by atoms with Gasteiger partial charge in [-0.05, 0) is 23.6 Å². The van der Waals surface area contributed by atoms with Crippen molar-refractivity contribution in [2.75, 3.05) is 6.61 Å². The monoisotopic (exact) mass is 236 g/mol. The van der Waals surface area contributed by atoms with Gasteiger partial charge in [0.1, 0.15) is 0 Å². The van der Waals surface area contributed by atoms with Crippen molar-refractivity contribution in [1.82, 2.24) is 0 Å². The van der Waals surface area contributed by atoms with Gasteiger partial charge in [0.25, 0.3) is 0 Å². The number of ether oxygens (including phenoxy) is 1. The van der Waals surface area contributed by atoms with Gasteiger partial charge in [0, 0.05) is 0 Å². The Bertz CT molecular complexity index is 480. The number of para-hydroxylation sites is 1. The maximum absolute atomic E-state index is 13.1. The number of benzene rings is 1. The molecular weight excluding hydrogens is 227 g/mol. The van der Waals surface area contributed by atoms with E-state index in [2.05, 4.69) is 0 Å². The predicted octanol–water partition coefficient (Wildman–Crippen LogP) is 3.15. The molecule has 1 aromatic heterocycles. The third-order valence-corrected chi connectivity index (χ3v) is 2.90. The summed E-state index contributed by atoms with van der Waals surface area (Å²) in [7, 11) is 0. The van der Waals surface area contributed by atoms with Gasteiger partial charge in [-0.25, -0.2) is 4.39 Å². The summed E-state index contributed by atoms with van der Waals surface area (Å²) in [6, 6.07) is 9.54. The van der Waals surface area contributed by atoms with Crippen LogP contribution in [0.5, 0.6) is 5.75 Å². The smallest absolute Gasteiger partial charge is 0.210 e. The van der Waals surface area contributed by atoms with Crippen molar-refractivity contribution < 1.29 is 13.9 Å². The molecule has 0 saturated carbocycles. The summed E-state index contributed by atoms with van der Waals surface area (Å²) < 4.78 is 18.3. The van der Waals surface area contributed by atoms with E-state index in [9.17, 15) is 9.18 Å². The van der Waals surface area contributed by atoms with E-state index < -0.39 is 5.82 Å². The quantitative estimate of drug-likeness (QED) is 0.762. The standard InChI is InChI=1S/C12H9FO2S/c13-9-4-1-2-5-11(9)15-8-10(14)12-6-3-7-16-12/h1-7H,8H2. The van der Waals surface area contributed by atoms with Gasteiger partial charge >= 0.3 is 0 Å². The Hall–Kier alpha value is -1.68. The van der Waals surface area contributed by atoms with Gasteiger partial charge < -0.3 is 4.74 Å². The molecule has 82 valence electrons. The molecule has 0 amide bonds. The van der Waals surface area contributed by atoms with Gasteiger partial charge in [0.05, 0.1) is 4.88 Å². The highest BCUT2D eigenvalue weighted by molar-refractivity contribution is 7.12. The lowest BCUT2D eigenvalue weighted by Gasteiger charge is -2.04. The summed E-state index contributed by atoms with van der Waals surface area (Å²) in [5.74, 6) is -0.493. The van der Waals surface area contributed by atoms with Crippen LogP contribution in [-0.2, 0) is 0 Å². The summed E-state index contributed by atoms with van der Waals surface area (Å²) >= 11 is 1.35. The number of rotatable bonds is 4. The summed E-state index contributed by atoms with van der Waals surface area (Å²) in [5, 5.41) is 1.82. The van der Waals surface area contributed by atoms with E-state index >= 15 is 0 Å². The largest absolute Gasteiger partial charge is 0.482 e. The Morgan fingerprint density at radius 3 is 2.75 bits per heavy atom. The predicted molar refractivity (Wildman–Crippen MR) is 60.5 cm³/mol. The highest BCUT2D eigenvalue weighted by Gasteiger charge is 2.09. The third kappa shape index (κ3) is 2.46. The van der Waals surface area contributed by atoms with E-state index in [1.807, 2.05) is 5.38 Å². The average Bonchev–Trinajstić information content (AvgIpc) is 2.81. The van der Waals surface area contributed by atoms with Crippen LogP contribution in [0, 0.1) is 5.82 Å². The first-order chi connectivity index (χ1) is 7.77. The zero-order valence-electron chi connectivity index (χ0n) is 8.35. The lowest BCUT2D eigenvalue weighted by Crippen LogP contribution is -2.10. The molecule has 2 rings (SSSR count). The molecule has 0 atom stereocenters. The first kappa shape index (κ1) is 10.8. The molecule has 0 aliphatic carbocycles. The summed E-state index contributed by atoms with van der Waals surface area (Å²) in [6.07, 6.45) is 0. The number of carbonyl (C=O) groups is 1. The number of hydrogen-bond donors (Lipinski definition) is 0. The van der Waals surface area contributed by atoms with Crippen LogP contribution in [0.25, 0.3) is 0 Å². The molecule has 1 heterocycles. The zero-order chi connectivity index (χ0) is 11.4. The van der Waals surface area contributed by atoms with Gasteiger partial charge in [0.15, 0.2) is 18.2 Å². The van der Waals surface area contributed by atoms with Gasteiger partial charge in [-0.3, -0.25) is 4.79 Å². The van der Waals surface area contributed by atoms with E-state index in [0.717, 1.165) is 0 Å². The molecule has 4 heteroatoms. The van der Waals surface area contributed by atoms with Crippen LogP contribution in [0.3, 0.4) is 0 Å². The van der Waals surface area contributed by atoms with Crippen molar-refractivity contribution in [2.24, 2.45) is 0 Å².